The molecule has 2 N–H and O–H groups in total. The van der Waals surface area contributed by atoms with E-state index in [0.29, 0.717) is 6.54 Å². The van der Waals surface area contributed by atoms with E-state index in [0.717, 1.165) is 12.8 Å². The van der Waals surface area contributed by atoms with E-state index >= 15 is 0 Å². The van der Waals surface area contributed by atoms with Crippen LogP contribution in [0.4, 0.5) is 5.69 Å². The Hall–Kier alpha value is -1.02. The molecule has 2 nitrogen and oxygen atoms in total. The molecule has 0 atom stereocenters. The standard InChI is InChI=1S/C16H25NO/c1-3-16(18,4-2)12-17-15-11-7-9-13-8-5-6-10-14(13)15/h7,9,11,17-18H,3-6,8,10,12H2,1-2H3. The molecule has 1 aromatic rings. The van der Waals surface area contributed by atoms with Crippen molar-refractivity contribution in [3.05, 3.63) is 29.3 Å². The Morgan fingerprint density at radius 3 is 2.61 bits per heavy atom. The summed E-state index contributed by atoms with van der Waals surface area (Å²) in [7, 11) is 0. The number of anilines is 1. The fourth-order valence-corrected chi connectivity index (χ4v) is 2.71. The van der Waals surface area contributed by atoms with Crippen molar-refractivity contribution in [3.8, 4) is 0 Å². The molecule has 0 amide bonds. The molecule has 0 aliphatic heterocycles. The van der Waals surface area contributed by atoms with Crippen molar-refractivity contribution < 1.29 is 5.11 Å². The number of benzene rings is 1. The first kappa shape index (κ1) is 13.4. The summed E-state index contributed by atoms with van der Waals surface area (Å²) in [6.07, 6.45) is 6.57. The molecule has 1 aliphatic carbocycles. The molecule has 1 aliphatic rings. The molecule has 2 heteroatoms. The summed E-state index contributed by atoms with van der Waals surface area (Å²) in [6, 6.07) is 6.52. The van der Waals surface area contributed by atoms with Gasteiger partial charge < -0.3 is 10.4 Å². The van der Waals surface area contributed by atoms with Crippen molar-refractivity contribution in [3.63, 3.8) is 0 Å². The SMILES string of the molecule is CCC(O)(CC)CNc1cccc2c1CCCC2. The normalized spacial score (nSPS) is 15.3. The number of fused-ring (bicyclic) bond motifs is 1. The Bertz CT molecular complexity index is 396. The minimum absolute atomic E-state index is 0.572. The summed E-state index contributed by atoms with van der Waals surface area (Å²) in [5.41, 5.74) is 3.62. The molecule has 1 aromatic carbocycles. The van der Waals surface area contributed by atoms with Gasteiger partial charge in [0, 0.05) is 12.2 Å². The number of rotatable bonds is 5. The largest absolute Gasteiger partial charge is 0.388 e. The van der Waals surface area contributed by atoms with Crippen LogP contribution < -0.4 is 5.32 Å². The van der Waals surface area contributed by atoms with Gasteiger partial charge in [-0.05, 0) is 55.7 Å². The predicted molar refractivity (Wildman–Crippen MR) is 77.1 cm³/mol. The fraction of sp³-hybridized carbons (Fsp3) is 0.625. The van der Waals surface area contributed by atoms with Crippen LogP contribution in [0.2, 0.25) is 0 Å². The lowest BCUT2D eigenvalue weighted by Gasteiger charge is -2.28. The van der Waals surface area contributed by atoms with Crippen LogP contribution in [-0.4, -0.2) is 17.3 Å². The molecule has 0 unspecified atom stereocenters. The Morgan fingerprint density at radius 2 is 1.89 bits per heavy atom. The van der Waals surface area contributed by atoms with Gasteiger partial charge in [-0.25, -0.2) is 0 Å². The van der Waals surface area contributed by atoms with Crippen molar-refractivity contribution in [1.82, 2.24) is 0 Å². The Balaban J connectivity index is 2.10. The van der Waals surface area contributed by atoms with Gasteiger partial charge in [-0.15, -0.1) is 0 Å². The van der Waals surface area contributed by atoms with Crippen LogP contribution in [0.5, 0.6) is 0 Å². The van der Waals surface area contributed by atoms with Crippen LogP contribution in [0.25, 0.3) is 0 Å². The summed E-state index contributed by atoms with van der Waals surface area (Å²) >= 11 is 0. The zero-order valence-corrected chi connectivity index (χ0v) is 11.6. The molecular weight excluding hydrogens is 222 g/mol. The highest BCUT2D eigenvalue weighted by atomic mass is 16.3. The highest BCUT2D eigenvalue weighted by Crippen LogP contribution is 2.28. The van der Waals surface area contributed by atoms with Crippen LogP contribution in [0.1, 0.15) is 50.7 Å². The second-order valence-electron chi connectivity index (χ2n) is 5.44. The summed E-state index contributed by atoms with van der Waals surface area (Å²) in [4.78, 5) is 0. The molecule has 0 spiro atoms. The topological polar surface area (TPSA) is 32.3 Å². The van der Waals surface area contributed by atoms with E-state index < -0.39 is 5.60 Å². The number of hydrogen-bond acceptors (Lipinski definition) is 2. The number of hydrogen-bond donors (Lipinski definition) is 2. The van der Waals surface area contributed by atoms with Gasteiger partial charge in [0.05, 0.1) is 5.60 Å². The first-order valence-corrected chi connectivity index (χ1v) is 7.25. The summed E-state index contributed by atoms with van der Waals surface area (Å²) in [6.45, 7) is 4.74. The van der Waals surface area contributed by atoms with E-state index in [1.54, 1.807) is 0 Å². The van der Waals surface area contributed by atoms with Crippen LogP contribution in [0.15, 0.2) is 18.2 Å². The van der Waals surface area contributed by atoms with E-state index in [1.807, 2.05) is 13.8 Å². The zero-order chi connectivity index (χ0) is 13.0. The third-order valence-corrected chi connectivity index (χ3v) is 4.32. The second-order valence-corrected chi connectivity index (χ2v) is 5.44. The monoisotopic (exact) mass is 247 g/mol. The van der Waals surface area contributed by atoms with Crippen LogP contribution in [-0.2, 0) is 12.8 Å². The van der Waals surface area contributed by atoms with Crippen LogP contribution >= 0.6 is 0 Å². The fourth-order valence-electron chi connectivity index (χ4n) is 2.71. The van der Waals surface area contributed by atoms with Gasteiger partial charge in [-0.1, -0.05) is 26.0 Å². The van der Waals surface area contributed by atoms with E-state index in [1.165, 1.54) is 42.5 Å². The quantitative estimate of drug-likeness (QED) is 0.834. The highest BCUT2D eigenvalue weighted by molar-refractivity contribution is 5.55. The molecule has 0 fully saturated rings. The highest BCUT2D eigenvalue weighted by Gasteiger charge is 2.22. The Labute approximate surface area is 110 Å². The van der Waals surface area contributed by atoms with E-state index in [9.17, 15) is 5.11 Å². The van der Waals surface area contributed by atoms with Gasteiger partial charge in [0.2, 0.25) is 0 Å². The Morgan fingerprint density at radius 1 is 1.17 bits per heavy atom. The van der Waals surface area contributed by atoms with E-state index in [2.05, 4.69) is 23.5 Å². The maximum absolute atomic E-state index is 10.3. The third kappa shape index (κ3) is 2.86. The van der Waals surface area contributed by atoms with Gasteiger partial charge >= 0.3 is 0 Å². The van der Waals surface area contributed by atoms with Crippen molar-refractivity contribution >= 4 is 5.69 Å². The van der Waals surface area contributed by atoms with Crippen LogP contribution in [0.3, 0.4) is 0 Å². The van der Waals surface area contributed by atoms with E-state index in [-0.39, 0.29) is 0 Å². The molecule has 0 radical (unpaired) electrons. The second kappa shape index (κ2) is 5.75. The first-order valence-electron chi connectivity index (χ1n) is 7.25. The van der Waals surface area contributed by atoms with Crippen molar-refractivity contribution in [2.75, 3.05) is 11.9 Å². The van der Waals surface area contributed by atoms with Crippen molar-refractivity contribution in [1.29, 1.82) is 0 Å². The molecule has 0 bridgehead atoms. The summed E-state index contributed by atoms with van der Waals surface area (Å²) in [5, 5.41) is 13.8. The maximum Gasteiger partial charge on any atom is 0.0814 e. The lowest BCUT2D eigenvalue weighted by Crippen LogP contribution is -2.35. The lowest BCUT2D eigenvalue weighted by molar-refractivity contribution is 0.0457. The molecule has 0 saturated heterocycles. The number of aryl methyl sites for hydroxylation is 1. The summed E-state index contributed by atoms with van der Waals surface area (Å²) < 4.78 is 0. The maximum atomic E-state index is 10.3. The van der Waals surface area contributed by atoms with Crippen molar-refractivity contribution in [2.24, 2.45) is 0 Å². The van der Waals surface area contributed by atoms with Crippen LogP contribution in [0, 0.1) is 0 Å². The molecule has 0 aromatic heterocycles. The summed E-state index contributed by atoms with van der Waals surface area (Å²) in [5.74, 6) is 0. The van der Waals surface area contributed by atoms with Gasteiger partial charge in [0.25, 0.3) is 0 Å². The van der Waals surface area contributed by atoms with E-state index in [4.69, 9.17) is 0 Å². The minimum Gasteiger partial charge on any atom is -0.388 e. The van der Waals surface area contributed by atoms with Gasteiger partial charge in [0.1, 0.15) is 0 Å². The lowest BCUT2D eigenvalue weighted by atomic mass is 9.90. The average Bonchev–Trinajstić information content (AvgIpc) is 2.44. The number of aliphatic hydroxyl groups is 1. The third-order valence-electron chi connectivity index (χ3n) is 4.32. The molecule has 100 valence electrons. The van der Waals surface area contributed by atoms with Crippen molar-refractivity contribution in [2.45, 2.75) is 58.0 Å². The molecule has 0 saturated carbocycles. The zero-order valence-electron chi connectivity index (χ0n) is 11.6. The van der Waals surface area contributed by atoms with Gasteiger partial charge in [-0.2, -0.15) is 0 Å². The number of nitrogens with one attached hydrogen (secondary N) is 1. The average molecular weight is 247 g/mol. The van der Waals surface area contributed by atoms with Gasteiger partial charge in [-0.3, -0.25) is 0 Å². The van der Waals surface area contributed by atoms with Gasteiger partial charge in [0.15, 0.2) is 0 Å². The smallest absolute Gasteiger partial charge is 0.0814 e. The molecule has 0 heterocycles. The molecule has 18 heavy (non-hydrogen) atoms. The predicted octanol–water partition coefficient (Wildman–Crippen LogP) is 3.53. The Kier molecular flexibility index (Phi) is 4.28. The minimum atomic E-state index is -0.572. The molecular formula is C16H25NO. The first-order chi connectivity index (χ1) is 8.68. The molecule has 2 rings (SSSR count).